The molecule has 0 fully saturated rings. The Kier molecular flexibility index (Phi) is 5.06. The third-order valence-electron chi connectivity index (χ3n) is 2.29. The van der Waals surface area contributed by atoms with E-state index in [1.54, 1.807) is 0 Å². The molecule has 1 atom stereocenters. The highest BCUT2D eigenvalue weighted by atomic mass is 79.9. The van der Waals surface area contributed by atoms with Crippen LogP contribution in [0.3, 0.4) is 0 Å². The van der Waals surface area contributed by atoms with Crippen LogP contribution in [0.1, 0.15) is 18.9 Å². The van der Waals surface area contributed by atoms with Crippen LogP contribution in [0, 0.1) is 6.92 Å². The maximum absolute atomic E-state index is 4.38. The van der Waals surface area contributed by atoms with Gasteiger partial charge < -0.3 is 4.90 Å². The summed E-state index contributed by atoms with van der Waals surface area (Å²) in [7, 11) is 2.07. The highest BCUT2D eigenvalue weighted by Crippen LogP contribution is 2.26. The standard InChI is InChI=1S/C11H16Br2N2/c1-8-4-6-14-11(10(8)13)15(3)7-5-9(2)12/h4,6,9H,5,7H2,1-3H3. The molecule has 0 aliphatic rings. The van der Waals surface area contributed by atoms with Gasteiger partial charge in [0.2, 0.25) is 0 Å². The average Bonchev–Trinajstić information content (AvgIpc) is 2.18. The third-order valence-corrected chi connectivity index (χ3v) is 3.73. The minimum absolute atomic E-state index is 0.545. The van der Waals surface area contributed by atoms with Crippen LogP contribution in [0.2, 0.25) is 0 Å². The highest BCUT2D eigenvalue weighted by Gasteiger charge is 2.09. The molecule has 2 nitrogen and oxygen atoms in total. The lowest BCUT2D eigenvalue weighted by atomic mass is 10.2. The summed E-state index contributed by atoms with van der Waals surface area (Å²) in [5.74, 6) is 1.02. The number of aryl methyl sites for hydroxylation is 1. The summed E-state index contributed by atoms with van der Waals surface area (Å²) < 4.78 is 1.09. The zero-order chi connectivity index (χ0) is 11.4. The van der Waals surface area contributed by atoms with Gasteiger partial charge >= 0.3 is 0 Å². The number of pyridine rings is 1. The number of anilines is 1. The van der Waals surface area contributed by atoms with Gasteiger partial charge in [0.1, 0.15) is 5.82 Å². The number of rotatable bonds is 4. The molecule has 1 aromatic rings. The van der Waals surface area contributed by atoms with Crippen LogP contribution in [0.5, 0.6) is 0 Å². The summed E-state index contributed by atoms with van der Waals surface area (Å²) in [5, 5.41) is 0. The Morgan fingerprint density at radius 3 is 2.80 bits per heavy atom. The second-order valence-electron chi connectivity index (χ2n) is 3.76. The molecule has 1 aromatic heterocycles. The molecule has 4 heteroatoms. The van der Waals surface area contributed by atoms with Crippen LogP contribution in [0.15, 0.2) is 16.7 Å². The molecule has 0 N–H and O–H groups in total. The van der Waals surface area contributed by atoms with Gasteiger partial charge in [-0.05, 0) is 40.9 Å². The van der Waals surface area contributed by atoms with Crippen molar-refractivity contribution < 1.29 is 0 Å². The van der Waals surface area contributed by atoms with Gasteiger partial charge in [0.15, 0.2) is 0 Å². The van der Waals surface area contributed by atoms with Crippen molar-refractivity contribution in [1.82, 2.24) is 4.98 Å². The van der Waals surface area contributed by atoms with Gasteiger partial charge in [-0.25, -0.2) is 4.98 Å². The summed E-state index contributed by atoms with van der Waals surface area (Å²) in [4.78, 5) is 7.10. The number of aromatic nitrogens is 1. The molecule has 0 spiro atoms. The Hall–Kier alpha value is -0.0900. The minimum atomic E-state index is 0.545. The molecule has 84 valence electrons. The van der Waals surface area contributed by atoms with Crippen LogP contribution >= 0.6 is 31.9 Å². The van der Waals surface area contributed by atoms with Crippen LogP contribution in [0.4, 0.5) is 5.82 Å². The predicted molar refractivity (Wildman–Crippen MR) is 73.0 cm³/mol. The Balaban J connectivity index is 2.73. The fourth-order valence-electron chi connectivity index (χ4n) is 1.27. The van der Waals surface area contributed by atoms with E-state index in [0.717, 1.165) is 23.3 Å². The molecule has 0 aliphatic heterocycles. The van der Waals surface area contributed by atoms with E-state index in [2.05, 4.69) is 62.6 Å². The monoisotopic (exact) mass is 334 g/mol. The quantitative estimate of drug-likeness (QED) is 0.779. The lowest BCUT2D eigenvalue weighted by Gasteiger charge is -2.20. The van der Waals surface area contributed by atoms with Crippen molar-refractivity contribution in [2.75, 3.05) is 18.5 Å². The van der Waals surface area contributed by atoms with Crippen LogP contribution in [-0.4, -0.2) is 23.4 Å². The zero-order valence-electron chi connectivity index (χ0n) is 9.30. The maximum Gasteiger partial charge on any atom is 0.142 e. The summed E-state index contributed by atoms with van der Waals surface area (Å²) in [6.07, 6.45) is 2.96. The molecule has 0 saturated carbocycles. The van der Waals surface area contributed by atoms with E-state index in [9.17, 15) is 0 Å². The smallest absolute Gasteiger partial charge is 0.142 e. The van der Waals surface area contributed by atoms with Gasteiger partial charge in [-0.3, -0.25) is 0 Å². The Labute approximate surface area is 108 Å². The van der Waals surface area contributed by atoms with Gasteiger partial charge in [0.05, 0.1) is 4.47 Å². The second-order valence-corrected chi connectivity index (χ2v) is 6.11. The Morgan fingerprint density at radius 1 is 1.53 bits per heavy atom. The summed E-state index contributed by atoms with van der Waals surface area (Å²) >= 11 is 7.12. The molecule has 0 bridgehead atoms. The molecular formula is C11H16Br2N2. The van der Waals surface area contributed by atoms with E-state index in [4.69, 9.17) is 0 Å². The van der Waals surface area contributed by atoms with Crippen molar-refractivity contribution in [3.05, 3.63) is 22.3 Å². The van der Waals surface area contributed by atoms with Gasteiger partial charge in [0, 0.05) is 24.6 Å². The van der Waals surface area contributed by atoms with Crippen LogP contribution < -0.4 is 4.90 Å². The third kappa shape index (κ3) is 3.76. The van der Waals surface area contributed by atoms with Gasteiger partial charge in [0.25, 0.3) is 0 Å². The number of alkyl halides is 1. The second kappa shape index (κ2) is 5.85. The highest BCUT2D eigenvalue weighted by molar-refractivity contribution is 9.10. The first-order chi connectivity index (χ1) is 7.02. The van der Waals surface area contributed by atoms with E-state index in [0.29, 0.717) is 4.83 Å². The first kappa shape index (κ1) is 13.0. The number of hydrogen-bond acceptors (Lipinski definition) is 2. The van der Waals surface area contributed by atoms with E-state index in [-0.39, 0.29) is 0 Å². The number of nitrogens with zero attached hydrogens (tertiary/aromatic N) is 2. The topological polar surface area (TPSA) is 16.1 Å². The molecule has 1 unspecified atom stereocenters. The van der Waals surface area contributed by atoms with Crippen molar-refractivity contribution in [1.29, 1.82) is 0 Å². The van der Waals surface area contributed by atoms with E-state index >= 15 is 0 Å². The molecule has 1 heterocycles. The molecular weight excluding hydrogens is 320 g/mol. The number of hydrogen-bond donors (Lipinski definition) is 0. The number of halogens is 2. The van der Waals surface area contributed by atoms with Gasteiger partial charge in [-0.1, -0.05) is 22.9 Å². The lowest BCUT2D eigenvalue weighted by Crippen LogP contribution is -2.22. The average molecular weight is 336 g/mol. The van der Waals surface area contributed by atoms with Crippen LogP contribution in [0.25, 0.3) is 0 Å². The maximum atomic E-state index is 4.38. The molecule has 0 aromatic carbocycles. The van der Waals surface area contributed by atoms with Gasteiger partial charge in [-0.15, -0.1) is 0 Å². The van der Waals surface area contributed by atoms with E-state index < -0.39 is 0 Å². The first-order valence-electron chi connectivity index (χ1n) is 4.98. The van der Waals surface area contributed by atoms with E-state index in [1.165, 1.54) is 5.56 Å². The molecule has 0 saturated heterocycles. The predicted octanol–water partition coefficient (Wildman–Crippen LogP) is 3.76. The molecule has 0 aliphatic carbocycles. The molecule has 0 amide bonds. The SMILES string of the molecule is Cc1ccnc(N(C)CCC(C)Br)c1Br. The van der Waals surface area contributed by atoms with Crippen molar-refractivity contribution in [3.63, 3.8) is 0 Å². The summed E-state index contributed by atoms with van der Waals surface area (Å²) in [6, 6.07) is 2.01. The lowest BCUT2D eigenvalue weighted by molar-refractivity contribution is 0.777. The first-order valence-corrected chi connectivity index (χ1v) is 6.69. The molecule has 0 radical (unpaired) electrons. The minimum Gasteiger partial charge on any atom is -0.359 e. The normalized spacial score (nSPS) is 12.6. The van der Waals surface area contributed by atoms with Crippen molar-refractivity contribution in [2.24, 2.45) is 0 Å². The van der Waals surface area contributed by atoms with Crippen molar-refractivity contribution >= 4 is 37.7 Å². The molecule has 15 heavy (non-hydrogen) atoms. The largest absolute Gasteiger partial charge is 0.359 e. The van der Waals surface area contributed by atoms with Crippen molar-refractivity contribution in [3.8, 4) is 0 Å². The van der Waals surface area contributed by atoms with Gasteiger partial charge in [-0.2, -0.15) is 0 Å². The Morgan fingerprint density at radius 2 is 2.20 bits per heavy atom. The molecule has 1 rings (SSSR count). The van der Waals surface area contributed by atoms with E-state index in [1.807, 2.05) is 12.3 Å². The summed E-state index contributed by atoms with van der Waals surface area (Å²) in [5.41, 5.74) is 1.22. The Bertz CT molecular complexity index is 326. The fourth-order valence-corrected chi connectivity index (χ4v) is 2.01. The summed E-state index contributed by atoms with van der Waals surface area (Å²) in [6.45, 7) is 5.24. The van der Waals surface area contributed by atoms with Crippen LogP contribution in [-0.2, 0) is 0 Å². The fraction of sp³-hybridized carbons (Fsp3) is 0.545. The van der Waals surface area contributed by atoms with Crippen molar-refractivity contribution in [2.45, 2.75) is 25.1 Å². The zero-order valence-corrected chi connectivity index (χ0v) is 12.5.